The van der Waals surface area contributed by atoms with Gasteiger partial charge in [0, 0.05) is 6.54 Å². The lowest BCUT2D eigenvalue weighted by molar-refractivity contribution is 0.184. The van der Waals surface area contributed by atoms with Crippen LogP contribution >= 0.6 is 15.9 Å². The Kier molecular flexibility index (Phi) is 3.19. The molecule has 0 spiro atoms. The minimum Gasteiger partial charge on any atom is -0.303 e. The highest BCUT2D eigenvalue weighted by molar-refractivity contribution is 9.10. The van der Waals surface area contributed by atoms with Crippen molar-refractivity contribution in [3.8, 4) is 0 Å². The van der Waals surface area contributed by atoms with Crippen molar-refractivity contribution in [2.24, 2.45) is 0 Å². The van der Waals surface area contributed by atoms with Crippen LogP contribution < -0.4 is 0 Å². The van der Waals surface area contributed by atoms with E-state index in [0.717, 1.165) is 13.0 Å². The number of halogens is 2. The van der Waals surface area contributed by atoms with Crippen LogP contribution in [0.15, 0.2) is 22.7 Å². The molecule has 0 aromatic heterocycles. The second-order valence-electron chi connectivity index (χ2n) is 3.69. The lowest BCUT2D eigenvalue weighted by atomic mass is 10.1. The van der Waals surface area contributed by atoms with Crippen molar-refractivity contribution in [3.63, 3.8) is 0 Å². The van der Waals surface area contributed by atoms with Crippen LogP contribution in [0.2, 0.25) is 0 Å². The number of likely N-dealkylation sites (tertiary alicyclic amines) is 1. The summed E-state index contributed by atoms with van der Waals surface area (Å²) in [5.41, 5.74) is 1.20. The van der Waals surface area contributed by atoms with E-state index < -0.39 is 0 Å². The molecular weight excluding hydrogens is 245 g/mol. The Morgan fingerprint density at radius 1 is 1.36 bits per heavy atom. The predicted octanol–water partition coefficient (Wildman–Crippen LogP) is 2.84. The van der Waals surface area contributed by atoms with Crippen LogP contribution in [-0.2, 0) is 6.42 Å². The SMILES string of the molecule is Fc1ccc(CCN2CCC2)cc1Br. The van der Waals surface area contributed by atoms with Gasteiger partial charge in [0.25, 0.3) is 0 Å². The summed E-state index contributed by atoms with van der Waals surface area (Å²) in [6.45, 7) is 3.54. The molecule has 1 heterocycles. The highest BCUT2D eigenvalue weighted by Crippen LogP contribution is 2.17. The lowest BCUT2D eigenvalue weighted by Crippen LogP contribution is -2.38. The Bertz CT molecular complexity index is 323. The number of hydrogen-bond donors (Lipinski definition) is 0. The predicted molar refractivity (Wildman–Crippen MR) is 58.9 cm³/mol. The molecule has 0 saturated carbocycles. The molecule has 14 heavy (non-hydrogen) atoms. The van der Waals surface area contributed by atoms with E-state index in [1.165, 1.54) is 31.1 Å². The van der Waals surface area contributed by atoms with Gasteiger partial charge in [0.1, 0.15) is 5.82 Å². The summed E-state index contributed by atoms with van der Waals surface area (Å²) >= 11 is 3.20. The Morgan fingerprint density at radius 3 is 2.71 bits per heavy atom. The molecule has 2 rings (SSSR count). The van der Waals surface area contributed by atoms with E-state index >= 15 is 0 Å². The van der Waals surface area contributed by atoms with Gasteiger partial charge in [0.05, 0.1) is 4.47 Å². The molecule has 0 amide bonds. The van der Waals surface area contributed by atoms with Gasteiger partial charge in [0.15, 0.2) is 0 Å². The molecule has 1 saturated heterocycles. The molecular formula is C11H13BrFN. The normalized spacial score (nSPS) is 16.7. The van der Waals surface area contributed by atoms with Gasteiger partial charge in [-0.05, 0) is 59.6 Å². The summed E-state index contributed by atoms with van der Waals surface area (Å²) in [7, 11) is 0. The Morgan fingerprint density at radius 2 is 2.14 bits per heavy atom. The average molecular weight is 258 g/mol. The van der Waals surface area contributed by atoms with E-state index in [1.54, 1.807) is 0 Å². The average Bonchev–Trinajstić information content (AvgIpc) is 2.08. The van der Waals surface area contributed by atoms with Crippen molar-refractivity contribution < 1.29 is 4.39 Å². The fourth-order valence-electron chi connectivity index (χ4n) is 1.59. The van der Waals surface area contributed by atoms with Crippen molar-refractivity contribution in [1.29, 1.82) is 0 Å². The van der Waals surface area contributed by atoms with E-state index in [4.69, 9.17) is 0 Å². The molecule has 3 heteroatoms. The first-order chi connectivity index (χ1) is 6.75. The second kappa shape index (κ2) is 4.41. The zero-order valence-electron chi connectivity index (χ0n) is 7.97. The maximum atomic E-state index is 12.9. The van der Waals surface area contributed by atoms with Crippen LogP contribution in [0, 0.1) is 5.82 Å². The Balaban J connectivity index is 1.91. The second-order valence-corrected chi connectivity index (χ2v) is 4.55. The van der Waals surface area contributed by atoms with Crippen LogP contribution in [0.4, 0.5) is 4.39 Å². The van der Waals surface area contributed by atoms with Crippen molar-refractivity contribution in [2.45, 2.75) is 12.8 Å². The molecule has 0 N–H and O–H groups in total. The molecule has 1 aliphatic heterocycles. The van der Waals surface area contributed by atoms with Crippen molar-refractivity contribution >= 4 is 15.9 Å². The summed E-state index contributed by atoms with van der Waals surface area (Å²) < 4.78 is 13.5. The topological polar surface area (TPSA) is 3.24 Å². The molecule has 0 atom stereocenters. The van der Waals surface area contributed by atoms with Crippen molar-refractivity contribution in [3.05, 3.63) is 34.1 Å². The quantitative estimate of drug-likeness (QED) is 0.805. The standard InChI is InChI=1S/C11H13BrFN/c12-10-8-9(2-3-11(10)13)4-7-14-5-1-6-14/h2-3,8H,1,4-7H2. The molecule has 1 nitrogen and oxygen atoms in total. The summed E-state index contributed by atoms with van der Waals surface area (Å²) in [5, 5.41) is 0. The highest BCUT2D eigenvalue weighted by Gasteiger charge is 2.12. The first-order valence-corrected chi connectivity index (χ1v) is 5.71. The largest absolute Gasteiger partial charge is 0.303 e. The molecule has 0 aliphatic carbocycles. The summed E-state index contributed by atoms with van der Waals surface area (Å²) in [4.78, 5) is 2.41. The first-order valence-electron chi connectivity index (χ1n) is 4.92. The molecule has 1 aromatic carbocycles. The van der Waals surface area contributed by atoms with Gasteiger partial charge in [-0.25, -0.2) is 4.39 Å². The zero-order chi connectivity index (χ0) is 9.97. The number of hydrogen-bond acceptors (Lipinski definition) is 1. The van der Waals surface area contributed by atoms with Crippen molar-refractivity contribution in [1.82, 2.24) is 4.90 Å². The maximum Gasteiger partial charge on any atom is 0.137 e. The van der Waals surface area contributed by atoms with Gasteiger partial charge in [0.2, 0.25) is 0 Å². The fourth-order valence-corrected chi connectivity index (χ4v) is 2.01. The van der Waals surface area contributed by atoms with Gasteiger partial charge in [-0.15, -0.1) is 0 Å². The molecule has 1 fully saturated rings. The third-order valence-electron chi connectivity index (χ3n) is 2.65. The third-order valence-corrected chi connectivity index (χ3v) is 3.26. The van der Waals surface area contributed by atoms with E-state index in [0.29, 0.717) is 4.47 Å². The van der Waals surface area contributed by atoms with Crippen LogP contribution in [0.5, 0.6) is 0 Å². The van der Waals surface area contributed by atoms with Crippen LogP contribution in [0.1, 0.15) is 12.0 Å². The summed E-state index contributed by atoms with van der Waals surface area (Å²) in [6.07, 6.45) is 2.34. The zero-order valence-corrected chi connectivity index (χ0v) is 9.56. The fraction of sp³-hybridized carbons (Fsp3) is 0.455. The lowest BCUT2D eigenvalue weighted by Gasteiger charge is -2.30. The third kappa shape index (κ3) is 2.34. The van der Waals surface area contributed by atoms with Gasteiger partial charge in [-0.2, -0.15) is 0 Å². The molecule has 1 aliphatic rings. The smallest absolute Gasteiger partial charge is 0.137 e. The van der Waals surface area contributed by atoms with E-state index in [-0.39, 0.29) is 5.82 Å². The first kappa shape index (κ1) is 10.1. The van der Waals surface area contributed by atoms with Crippen LogP contribution in [-0.4, -0.2) is 24.5 Å². The highest BCUT2D eigenvalue weighted by atomic mass is 79.9. The number of benzene rings is 1. The Hall–Kier alpha value is -0.410. The minimum absolute atomic E-state index is 0.183. The summed E-state index contributed by atoms with van der Waals surface area (Å²) in [6, 6.07) is 5.25. The number of rotatable bonds is 3. The molecule has 1 aromatic rings. The van der Waals surface area contributed by atoms with Gasteiger partial charge in [-0.3, -0.25) is 0 Å². The monoisotopic (exact) mass is 257 g/mol. The van der Waals surface area contributed by atoms with Crippen LogP contribution in [0.3, 0.4) is 0 Å². The molecule has 0 bridgehead atoms. The van der Waals surface area contributed by atoms with E-state index in [2.05, 4.69) is 20.8 Å². The summed E-state index contributed by atoms with van der Waals surface area (Å²) in [5.74, 6) is -0.183. The van der Waals surface area contributed by atoms with E-state index in [1.807, 2.05) is 12.1 Å². The minimum atomic E-state index is -0.183. The molecule has 76 valence electrons. The van der Waals surface area contributed by atoms with Gasteiger partial charge in [-0.1, -0.05) is 6.07 Å². The van der Waals surface area contributed by atoms with Gasteiger partial charge < -0.3 is 4.90 Å². The van der Waals surface area contributed by atoms with Gasteiger partial charge >= 0.3 is 0 Å². The molecule has 0 unspecified atom stereocenters. The molecule has 0 radical (unpaired) electrons. The maximum absolute atomic E-state index is 12.9. The van der Waals surface area contributed by atoms with Crippen molar-refractivity contribution in [2.75, 3.05) is 19.6 Å². The van der Waals surface area contributed by atoms with E-state index in [9.17, 15) is 4.39 Å². The van der Waals surface area contributed by atoms with Crippen LogP contribution in [0.25, 0.3) is 0 Å². The number of nitrogens with zero attached hydrogens (tertiary/aromatic N) is 1. The Labute approximate surface area is 92.0 Å².